The van der Waals surface area contributed by atoms with E-state index >= 15 is 0 Å². The van der Waals surface area contributed by atoms with Crippen LogP contribution in [0.4, 0.5) is 22.0 Å². The molecule has 0 N–H and O–H groups in total. The predicted molar refractivity (Wildman–Crippen MR) is 28.6 cm³/mol. The molecular formula is C5H7F5O2. The van der Waals surface area contributed by atoms with E-state index in [-0.39, 0.29) is 0 Å². The fourth-order valence-electron chi connectivity index (χ4n) is 0.461. The van der Waals surface area contributed by atoms with Gasteiger partial charge in [0.05, 0.1) is 6.61 Å². The molecule has 0 aliphatic carbocycles. The van der Waals surface area contributed by atoms with Gasteiger partial charge in [-0.2, -0.15) is 17.6 Å². The van der Waals surface area contributed by atoms with Gasteiger partial charge in [-0.1, -0.05) is 0 Å². The maximum atomic E-state index is 12.5. The third-order valence-corrected chi connectivity index (χ3v) is 0.909. The average molecular weight is 194 g/mol. The van der Waals surface area contributed by atoms with E-state index in [2.05, 4.69) is 9.47 Å². The van der Waals surface area contributed by atoms with Crippen LogP contribution < -0.4 is 0 Å². The van der Waals surface area contributed by atoms with Gasteiger partial charge < -0.3 is 4.74 Å². The fraction of sp³-hybridized carbons (Fsp3) is 1.00. The summed E-state index contributed by atoms with van der Waals surface area (Å²) in [5.41, 5.74) is 0. The van der Waals surface area contributed by atoms with Crippen molar-refractivity contribution in [3.05, 3.63) is 0 Å². The fourth-order valence-corrected chi connectivity index (χ4v) is 0.461. The molecule has 0 saturated heterocycles. The van der Waals surface area contributed by atoms with Crippen LogP contribution in [0, 0.1) is 0 Å². The topological polar surface area (TPSA) is 18.5 Å². The van der Waals surface area contributed by atoms with Crippen molar-refractivity contribution in [2.75, 3.05) is 13.5 Å². The summed E-state index contributed by atoms with van der Waals surface area (Å²) in [6.45, 7) is -1.35. The number of ether oxygens (including phenoxy) is 2. The molecule has 0 aliphatic heterocycles. The number of alkyl halides is 5. The largest absolute Gasteiger partial charge is 0.478 e. The molecule has 0 saturated carbocycles. The molecule has 2 nitrogen and oxygen atoms in total. The molecule has 0 spiro atoms. The Balaban J connectivity index is 4.38. The molecule has 1 atom stereocenters. The first kappa shape index (κ1) is 11.6. The summed E-state index contributed by atoms with van der Waals surface area (Å²) in [6, 6.07) is -4.34. The van der Waals surface area contributed by atoms with Gasteiger partial charge in [-0.05, 0) is 6.92 Å². The van der Waals surface area contributed by atoms with Crippen LogP contribution in [-0.4, -0.2) is 25.7 Å². The van der Waals surface area contributed by atoms with Crippen molar-refractivity contribution in [1.82, 2.24) is 0 Å². The summed E-state index contributed by atoms with van der Waals surface area (Å²) in [5.74, 6) is 0. The molecule has 0 amide bonds. The smallest absolute Gasteiger partial charge is 0.317 e. The van der Waals surface area contributed by atoms with Gasteiger partial charge in [-0.15, -0.1) is 0 Å². The first-order valence-electron chi connectivity index (χ1n) is 2.97. The third-order valence-electron chi connectivity index (χ3n) is 0.909. The molecule has 0 heterocycles. The highest BCUT2D eigenvalue weighted by atomic mass is 19.4. The van der Waals surface area contributed by atoms with Crippen LogP contribution in [0.2, 0.25) is 0 Å². The van der Waals surface area contributed by atoms with Crippen LogP contribution >= 0.6 is 0 Å². The SMILES string of the molecule is CCOC(F)(OCF)C(F)(F)F. The number of rotatable bonds is 4. The minimum Gasteiger partial charge on any atom is -0.317 e. The zero-order valence-electron chi connectivity index (χ0n) is 6.12. The van der Waals surface area contributed by atoms with Crippen LogP contribution in [-0.2, 0) is 9.47 Å². The number of halogens is 5. The molecule has 0 rings (SSSR count). The normalized spacial score (nSPS) is 17.5. The van der Waals surface area contributed by atoms with Gasteiger partial charge >= 0.3 is 12.2 Å². The highest BCUT2D eigenvalue weighted by molar-refractivity contribution is 4.65. The monoisotopic (exact) mass is 194 g/mol. The van der Waals surface area contributed by atoms with E-state index in [0.717, 1.165) is 6.92 Å². The molecule has 0 aromatic heterocycles. The Morgan fingerprint density at radius 3 is 1.83 bits per heavy atom. The van der Waals surface area contributed by atoms with Gasteiger partial charge in [0.1, 0.15) is 0 Å². The minimum atomic E-state index is -5.39. The van der Waals surface area contributed by atoms with Gasteiger partial charge in [0, 0.05) is 0 Å². The number of hydrogen-bond acceptors (Lipinski definition) is 2. The Labute approximate surface area is 65.3 Å². The average Bonchev–Trinajstić information content (AvgIpc) is 1.86. The molecule has 7 heteroatoms. The molecule has 1 unspecified atom stereocenters. The van der Waals surface area contributed by atoms with Crippen molar-refractivity contribution in [3.63, 3.8) is 0 Å². The molecule has 0 aromatic carbocycles. The second-order valence-electron chi connectivity index (χ2n) is 1.72. The highest BCUT2D eigenvalue weighted by Gasteiger charge is 2.59. The standard InChI is InChI=1S/C5H7F5O2/c1-2-11-5(10,12-3-6)4(7,8)9/h2-3H2,1H3. The first-order valence-corrected chi connectivity index (χ1v) is 2.97. The second-order valence-corrected chi connectivity index (χ2v) is 1.72. The van der Waals surface area contributed by atoms with E-state index < -0.39 is 25.7 Å². The van der Waals surface area contributed by atoms with Gasteiger partial charge in [0.15, 0.2) is 6.86 Å². The molecular weight excluding hydrogens is 187 g/mol. The predicted octanol–water partition coefficient (Wildman–Crippen LogP) is 2.15. The van der Waals surface area contributed by atoms with Crippen LogP contribution in [0.25, 0.3) is 0 Å². The van der Waals surface area contributed by atoms with E-state index in [1.807, 2.05) is 0 Å². The van der Waals surface area contributed by atoms with Crippen molar-refractivity contribution in [2.45, 2.75) is 19.1 Å². The zero-order chi connectivity index (χ0) is 9.83. The van der Waals surface area contributed by atoms with Gasteiger partial charge in [-0.3, -0.25) is 4.74 Å². The summed E-state index contributed by atoms with van der Waals surface area (Å²) in [4.78, 5) is 0. The van der Waals surface area contributed by atoms with E-state index in [9.17, 15) is 22.0 Å². The summed E-state index contributed by atoms with van der Waals surface area (Å²) >= 11 is 0. The van der Waals surface area contributed by atoms with Crippen molar-refractivity contribution in [2.24, 2.45) is 0 Å². The van der Waals surface area contributed by atoms with E-state index in [0.29, 0.717) is 0 Å². The molecule has 0 radical (unpaired) electrons. The maximum absolute atomic E-state index is 12.5. The summed E-state index contributed by atoms with van der Waals surface area (Å²) in [6.07, 6.45) is -5.39. The Kier molecular flexibility index (Phi) is 3.85. The Morgan fingerprint density at radius 2 is 1.58 bits per heavy atom. The van der Waals surface area contributed by atoms with Gasteiger partial charge in [0.25, 0.3) is 0 Å². The lowest BCUT2D eigenvalue weighted by molar-refractivity contribution is -0.443. The van der Waals surface area contributed by atoms with Crippen LogP contribution in [0.15, 0.2) is 0 Å². The Morgan fingerprint density at radius 1 is 1.08 bits per heavy atom. The maximum Gasteiger partial charge on any atom is 0.478 e. The third kappa shape index (κ3) is 2.56. The molecule has 0 aromatic rings. The molecule has 12 heavy (non-hydrogen) atoms. The first-order chi connectivity index (χ1) is 5.37. The minimum absolute atomic E-state index is 0.573. The van der Waals surface area contributed by atoms with E-state index in [1.165, 1.54) is 0 Å². The Hall–Kier alpha value is -0.430. The molecule has 0 fully saturated rings. The van der Waals surface area contributed by atoms with Crippen molar-refractivity contribution >= 4 is 0 Å². The van der Waals surface area contributed by atoms with Crippen LogP contribution in [0.5, 0.6) is 0 Å². The number of hydrogen-bond donors (Lipinski definition) is 0. The van der Waals surface area contributed by atoms with Crippen molar-refractivity contribution < 1.29 is 31.4 Å². The highest BCUT2D eigenvalue weighted by Crippen LogP contribution is 2.35. The summed E-state index contributed by atoms with van der Waals surface area (Å²) in [7, 11) is 0. The van der Waals surface area contributed by atoms with E-state index in [4.69, 9.17) is 0 Å². The summed E-state index contributed by atoms with van der Waals surface area (Å²) < 4.78 is 65.6. The Bertz CT molecular complexity index is 128. The lowest BCUT2D eigenvalue weighted by Gasteiger charge is -2.25. The van der Waals surface area contributed by atoms with Crippen molar-refractivity contribution in [3.8, 4) is 0 Å². The molecule has 0 bridgehead atoms. The lowest BCUT2D eigenvalue weighted by atomic mass is 10.5. The van der Waals surface area contributed by atoms with Gasteiger partial charge in [0.2, 0.25) is 0 Å². The second kappa shape index (κ2) is 3.99. The van der Waals surface area contributed by atoms with Crippen LogP contribution in [0.3, 0.4) is 0 Å². The zero-order valence-corrected chi connectivity index (χ0v) is 6.12. The quantitative estimate of drug-likeness (QED) is 0.504. The van der Waals surface area contributed by atoms with E-state index in [1.54, 1.807) is 0 Å². The molecule has 0 aliphatic rings. The molecule has 74 valence electrons. The van der Waals surface area contributed by atoms with Crippen LogP contribution in [0.1, 0.15) is 6.92 Å². The lowest BCUT2D eigenvalue weighted by Crippen LogP contribution is -2.46. The summed E-state index contributed by atoms with van der Waals surface area (Å²) in [5, 5.41) is 0. The van der Waals surface area contributed by atoms with Crippen molar-refractivity contribution in [1.29, 1.82) is 0 Å². The van der Waals surface area contributed by atoms with Gasteiger partial charge in [-0.25, -0.2) is 4.39 Å².